The van der Waals surface area contributed by atoms with Crippen molar-refractivity contribution in [3.63, 3.8) is 0 Å². The Labute approximate surface area is 111 Å². The highest BCUT2D eigenvalue weighted by Crippen LogP contribution is 2.29. The molecule has 100 valence electrons. The Morgan fingerprint density at radius 2 is 1.89 bits per heavy atom. The molecule has 0 saturated heterocycles. The van der Waals surface area contributed by atoms with E-state index in [2.05, 4.69) is 57.3 Å². The van der Waals surface area contributed by atoms with Gasteiger partial charge >= 0.3 is 0 Å². The van der Waals surface area contributed by atoms with Crippen LogP contribution in [0, 0.1) is 0 Å². The van der Waals surface area contributed by atoms with Crippen molar-refractivity contribution in [1.82, 2.24) is 5.32 Å². The molecule has 1 aromatic rings. The van der Waals surface area contributed by atoms with Gasteiger partial charge in [0, 0.05) is 12.1 Å². The van der Waals surface area contributed by atoms with Crippen LogP contribution < -0.4 is 10.1 Å². The Kier molecular flexibility index (Phi) is 4.28. The van der Waals surface area contributed by atoms with Crippen molar-refractivity contribution in [1.29, 1.82) is 0 Å². The highest BCUT2D eigenvalue weighted by molar-refractivity contribution is 5.31. The lowest BCUT2D eigenvalue weighted by Gasteiger charge is -2.24. The molecule has 1 aliphatic carbocycles. The molecule has 0 heterocycles. The molecule has 0 bridgehead atoms. The minimum atomic E-state index is 0.473. The van der Waals surface area contributed by atoms with Gasteiger partial charge in [-0.1, -0.05) is 32.9 Å². The van der Waals surface area contributed by atoms with Crippen LogP contribution in [0.5, 0.6) is 5.75 Å². The van der Waals surface area contributed by atoms with Crippen LogP contribution in [0.2, 0.25) is 0 Å². The van der Waals surface area contributed by atoms with E-state index in [0.717, 1.165) is 5.75 Å². The summed E-state index contributed by atoms with van der Waals surface area (Å²) in [6, 6.07) is 9.56. The first-order valence-electron chi connectivity index (χ1n) is 7.09. The van der Waals surface area contributed by atoms with E-state index in [0.29, 0.717) is 24.1 Å². The van der Waals surface area contributed by atoms with E-state index in [-0.39, 0.29) is 0 Å². The summed E-state index contributed by atoms with van der Waals surface area (Å²) in [4.78, 5) is 0. The lowest BCUT2D eigenvalue weighted by molar-refractivity contribution is 0.302. The molecule has 2 heteroatoms. The first-order valence-corrected chi connectivity index (χ1v) is 7.09. The van der Waals surface area contributed by atoms with Gasteiger partial charge in [-0.15, -0.1) is 0 Å². The quantitative estimate of drug-likeness (QED) is 0.827. The molecule has 0 aromatic heterocycles. The van der Waals surface area contributed by atoms with Crippen LogP contribution in [0.25, 0.3) is 0 Å². The zero-order valence-electron chi connectivity index (χ0n) is 11.9. The maximum Gasteiger partial charge on any atom is 0.120 e. The van der Waals surface area contributed by atoms with Crippen LogP contribution in [-0.4, -0.2) is 18.2 Å². The summed E-state index contributed by atoms with van der Waals surface area (Å²) in [5, 5.41) is 3.57. The average molecular weight is 247 g/mol. The van der Waals surface area contributed by atoms with E-state index >= 15 is 0 Å². The summed E-state index contributed by atoms with van der Waals surface area (Å²) in [5.74, 6) is 1.52. The van der Waals surface area contributed by atoms with Crippen molar-refractivity contribution in [3.05, 3.63) is 29.8 Å². The van der Waals surface area contributed by atoms with Crippen molar-refractivity contribution < 1.29 is 4.74 Å². The topological polar surface area (TPSA) is 21.3 Å². The van der Waals surface area contributed by atoms with E-state index in [1.165, 1.54) is 18.4 Å². The molecule has 2 nitrogen and oxygen atoms in total. The molecule has 1 N–H and O–H groups in total. The zero-order valence-corrected chi connectivity index (χ0v) is 11.9. The molecule has 18 heavy (non-hydrogen) atoms. The molecular weight excluding hydrogens is 222 g/mol. The standard InChI is InChI=1S/C16H25NO/c1-11(2)17-13(4)12(3)14-6-5-7-16(10-14)18-15-8-9-15/h5-7,10-13,15,17H,8-9H2,1-4H3. The van der Waals surface area contributed by atoms with Gasteiger partial charge in [-0.2, -0.15) is 0 Å². The van der Waals surface area contributed by atoms with Crippen molar-refractivity contribution in [2.45, 2.75) is 64.6 Å². The van der Waals surface area contributed by atoms with Gasteiger partial charge in [0.25, 0.3) is 0 Å². The second-order valence-electron chi connectivity index (χ2n) is 5.79. The largest absolute Gasteiger partial charge is 0.490 e. The second-order valence-corrected chi connectivity index (χ2v) is 5.79. The van der Waals surface area contributed by atoms with Crippen molar-refractivity contribution in [2.75, 3.05) is 0 Å². The molecule has 1 aromatic carbocycles. The lowest BCUT2D eigenvalue weighted by Crippen LogP contribution is -2.36. The molecule has 2 rings (SSSR count). The summed E-state index contributed by atoms with van der Waals surface area (Å²) in [5.41, 5.74) is 1.36. The van der Waals surface area contributed by atoms with Gasteiger partial charge < -0.3 is 10.1 Å². The van der Waals surface area contributed by atoms with Crippen molar-refractivity contribution in [2.24, 2.45) is 0 Å². The summed E-state index contributed by atoms with van der Waals surface area (Å²) < 4.78 is 5.86. The van der Waals surface area contributed by atoms with E-state index in [9.17, 15) is 0 Å². The molecule has 2 unspecified atom stereocenters. The van der Waals surface area contributed by atoms with Crippen LogP contribution in [0.15, 0.2) is 24.3 Å². The summed E-state index contributed by atoms with van der Waals surface area (Å²) in [7, 11) is 0. The molecule has 1 saturated carbocycles. The summed E-state index contributed by atoms with van der Waals surface area (Å²) >= 11 is 0. The van der Waals surface area contributed by atoms with E-state index in [4.69, 9.17) is 4.74 Å². The normalized spacial score (nSPS) is 18.7. The third kappa shape index (κ3) is 3.74. The molecule has 0 radical (unpaired) electrons. The first-order chi connectivity index (χ1) is 8.56. The zero-order chi connectivity index (χ0) is 13.1. The van der Waals surface area contributed by atoms with Crippen LogP contribution >= 0.6 is 0 Å². The number of nitrogens with one attached hydrogen (secondary N) is 1. The van der Waals surface area contributed by atoms with Crippen LogP contribution in [0.3, 0.4) is 0 Å². The monoisotopic (exact) mass is 247 g/mol. The fourth-order valence-electron chi connectivity index (χ4n) is 2.21. The fraction of sp³-hybridized carbons (Fsp3) is 0.625. The third-order valence-electron chi connectivity index (χ3n) is 3.56. The molecule has 0 amide bonds. The van der Waals surface area contributed by atoms with Gasteiger partial charge in [0.05, 0.1) is 6.10 Å². The Morgan fingerprint density at radius 3 is 2.50 bits per heavy atom. The first kappa shape index (κ1) is 13.4. The summed E-state index contributed by atoms with van der Waals surface area (Å²) in [6.07, 6.45) is 2.90. The smallest absolute Gasteiger partial charge is 0.120 e. The molecule has 0 spiro atoms. The minimum Gasteiger partial charge on any atom is -0.490 e. The van der Waals surface area contributed by atoms with E-state index < -0.39 is 0 Å². The maximum absolute atomic E-state index is 5.86. The van der Waals surface area contributed by atoms with Crippen LogP contribution in [0.1, 0.15) is 52.0 Å². The van der Waals surface area contributed by atoms with Gasteiger partial charge in [-0.25, -0.2) is 0 Å². The minimum absolute atomic E-state index is 0.473. The van der Waals surface area contributed by atoms with Crippen molar-refractivity contribution in [3.8, 4) is 5.75 Å². The van der Waals surface area contributed by atoms with Crippen LogP contribution in [-0.2, 0) is 0 Å². The van der Waals surface area contributed by atoms with Gasteiger partial charge in [0.2, 0.25) is 0 Å². The molecule has 1 fully saturated rings. The average Bonchev–Trinajstić information content (AvgIpc) is 3.11. The molecule has 2 atom stereocenters. The Morgan fingerprint density at radius 1 is 1.17 bits per heavy atom. The van der Waals surface area contributed by atoms with Crippen LogP contribution in [0.4, 0.5) is 0 Å². The summed E-state index contributed by atoms with van der Waals surface area (Å²) in [6.45, 7) is 8.90. The SMILES string of the molecule is CC(C)NC(C)C(C)c1cccc(OC2CC2)c1. The molecule has 0 aliphatic heterocycles. The predicted molar refractivity (Wildman–Crippen MR) is 76.2 cm³/mol. The van der Waals surface area contributed by atoms with Gasteiger partial charge in [0.1, 0.15) is 5.75 Å². The number of benzene rings is 1. The maximum atomic E-state index is 5.86. The highest BCUT2D eigenvalue weighted by Gasteiger charge is 2.24. The van der Waals surface area contributed by atoms with E-state index in [1.54, 1.807) is 0 Å². The Balaban J connectivity index is 2.01. The Hall–Kier alpha value is -1.02. The predicted octanol–water partition coefficient (Wildman–Crippen LogP) is 3.72. The third-order valence-corrected chi connectivity index (χ3v) is 3.56. The molecule has 1 aliphatic rings. The fourth-order valence-corrected chi connectivity index (χ4v) is 2.21. The highest BCUT2D eigenvalue weighted by atomic mass is 16.5. The number of hydrogen-bond acceptors (Lipinski definition) is 2. The Bertz CT molecular complexity index is 384. The number of ether oxygens (including phenoxy) is 1. The van der Waals surface area contributed by atoms with Gasteiger partial charge in [-0.3, -0.25) is 0 Å². The molecular formula is C16H25NO. The lowest BCUT2D eigenvalue weighted by atomic mass is 9.94. The van der Waals surface area contributed by atoms with Gasteiger partial charge in [0.15, 0.2) is 0 Å². The number of rotatable bonds is 6. The number of hydrogen-bond donors (Lipinski definition) is 1. The van der Waals surface area contributed by atoms with Crippen molar-refractivity contribution >= 4 is 0 Å². The second kappa shape index (κ2) is 5.75. The van der Waals surface area contributed by atoms with E-state index in [1.807, 2.05) is 0 Å². The van der Waals surface area contributed by atoms with Gasteiger partial charge in [-0.05, 0) is 43.4 Å².